The van der Waals surface area contributed by atoms with Crippen molar-refractivity contribution in [3.05, 3.63) is 53.1 Å². The van der Waals surface area contributed by atoms with Gasteiger partial charge in [-0.25, -0.2) is 15.0 Å². The zero-order valence-electron chi connectivity index (χ0n) is 25.4. The number of carbonyl (C=O) groups is 2. The molecule has 0 aliphatic heterocycles. The summed E-state index contributed by atoms with van der Waals surface area (Å²) >= 11 is 0. The maximum absolute atomic E-state index is 10.8. The van der Waals surface area contributed by atoms with Crippen LogP contribution in [0.25, 0.3) is 0 Å². The maximum atomic E-state index is 10.8. The van der Waals surface area contributed by atoms with E-state index in [4.69, 9.17) is 7.85 Å². The molecule has 0 aliphatic carbocycles. The third-order valence-corrected chi connectivity index (χ3v) is 4.49. The SMILES string of the molecule is C.CC(C)(C)c1[nH]cnc1C=O.[2H]C(=O)c1[nH]cnc1C(C)(C)C.[2H]C(O)c1[nH]cnc1C(C)(C)C.[H-].[Mn].[Na+]. The van der Waals surface area contributed by atoms with Crippen molar-refractivity contribution in [1.82, 2.24) is 29.9 Å². The third-order valence-electron chi connectivity index (χ3n) is 4.49. The summed E-state index contributed by atoms with van der Waals surface area (Å²) in [5.74, 6) is 0. The van der Waals surface area contributed by atoms with Crippen LogP contribution in [0.1, 0.15) is 118 Å². The predicted octanol–water partition coefficient (Wildman–Crippen LogP) is 1.99. The predicted molar refractivity (Wildman–Crippen MR) is 136 cm³/mol. The minimum absolute atomic E-state index is 0. The summed E-state index contributed by atoms with van der Waals surface area (Å²) in [5, 5.41) is 9.05. The van der Waals surface area contributed by atoms with E-state index in [9.17, 15) is 9.59 Å². The molecule has 3 aromatic rings. The Balaban J connectivity index is -0.000000224. The molecule has 11 heteroatoms. The van der Waals surface area contributed by atoms with E-state index in [0.29, 0.717) is 22.8 Å². The summed E-state index contributed by atoms with van der Waals surface area (Å²) in [6, 6.07) is 0. The van der Waals surface area contributed by atoms with Crippen LogP contribution in [0.15, 0.2) is 19.0 Å². The zero-order chi connectivity index (χ0) is 27.2. The topological polar surface area (TPSA) is 140 Å². The van der Waals surface area contributed by atoms with Crippen LogP contribution >= 0.6 is 0 Å². The first-order valence-electron chi connectivity index (χ1n) is 11.7. The van der Waals surface area contributed by atoms with Gasteiger partial charge in [-0.3, -0.25) is 9.59 Å². The number of aliphatic hydroxyl groups is 1. The van der Waals surface area contributed by atoms with Crippen molar-refractivity contribution in [3.63, 3.8) is 0 Å². The molecular weight excluding hydrogens is 510 g/mol. The van der Waals surface area contributed by atoms with Crippen LogP contribution in [0.5, 0.6) is 0 Å². The second-order valence-electron chi connectivity index (χ2n) is 10.6. The van der Waals surface area contributed by atoms with Gasteiger partial charge in [0.25, 0.3) is 0 Å². The number of aldehydes is 2. The molecule has 0 fully saturated rings. The number of imidazole rings is 3. The van der Waals surface area contributed by atoms with Gasteiger partial charge in [0.1, 0.15) is 12.8 Å². The van der Waals surface area contributed by atoms with Gasteiger partial charge in [0.2, 0.25) is 0 Å². The molecule has 0 aliphatic rings. The van der Waals surface area contributed by atoms with Gasteiger partial charge in [0.05, 0.1) is 49.7 Å². The number of nitrogens with one attached hydrogen (secondary N) is 3. The summed E-state index contributed by atoms with van der Waals surface area (Å²) in [5.41, 5.74) is 3.25. The van der Waals surface area contributed by atoms with E-state index in [1.807, 2.05) is 62.3 Å². The molecule has 0 amide bonds. The number of hydrogen-bond donors (Lipinski definition) is 4. The minimum Gasteiger partial charge on any atom is -1.00 e. The van der Waals surface area contributed by atoms with Gasteiger partial charge in [-0.1, -0.05) is 69.7 Å². The van der Waals surface area contributed by atoms with Crippen molar-refractivity contribution in [2.24, 2.45) is 0 Å². The average Bonchev–Trinajstić information content (AvgIpc) is 3.47. The Kier molecular flexibility index (Phi) is 15.6. The number of aromatic amines is 3. The van der Waals surface area contributed by atoms with Gasteiger partial charge in [0, 0.05) is 33.3 Å². The van der Waals surface area contributed by atoms with E-state index < -0.39 is 12.8 Å². The van der Waals surface area contributed by atoms with Crippen LogP contribution in [0.2, 0.25) is 0 Å². The van der Waals surface area contributed by atoms with Gasteiger partial charge in [-0.15, -0.1) is 0 Å². The average molecular weight is 556 g/mol. The standard InChI is InChI=1S/C8H14N2O.2C8H12N2O.CH4.Mn.Na.H/c3*1-8(2,3)7-6(4-11)9-5-10-7;;;;/h5,11H,4H2,1-3H3,(H,9,10);2*4-5H,1-3H3,(H,9,10);1H4;;;/q;;;;;+1;-1/i2*4D;;;;;. The molecule has 1 atom stereocenters. The van der Waals surface area contributed by atoms with Crippen LogP contribution in [0.3, 0.4) is 0 Å². The number of aromatic nitrogens is 6. The van der Waals surface area contributed by atoms with E-state index in [1.54, 1.807) is 6.33 Å². The summed E-state index contributed by atoms with van der Waals surface area (Å²) in [6.07, 6.45) is 4.56. The van der Waals surface area contributed by atoms with Gasteiger partial charge < -0.3 is 21.5 Å². The number of hydrogen-bond acceptors (Lipinski definition) is 6. The van der Waals surface area contributed by atoms with E-state index in [0.717, 1.165) is 17.7 Å². The molecule has 0 bridgehead atoms. The molecule has 4 N–H and O–H groups in total. The molecule has 36 heavy (non-hydrogen) atoms. The van der Waals surface area contributed by atoms with Crippen molar-refractivity contribution in [2.75, 3.05) is 0 Å². The first-order valence-corrected chi connectivity index (χ1v) is 10.6. The number of H-pyrrole nitrogens is 3. The quantitative estimate of drug-likeness (QED) is 0.288. The fourth-order valence-electron chi connectivity index (χ4n) is 2.94. The zero-order valence-corrected chi connectivity index (χ0v) is 25.6. The fourth-order valence-corrected chi connectivity index (χ4v) is 2.94. The summed E-state index contributed by atoms with van der Waals surface area (Å²) < 4.78 is 14.1. The van der Waals surface area contributed by atoms with E-state index in [2.05, 4.69) is 29.9 Å². The first kappa shape index (κ1) is 34.4. The van der Waals surface area contributed by atoms with Crippen LogP contribution in [-0.4, -0.2) is 47.6 Å². The second kappa shape index (κ2) is 16.3. The Labute approximate surface area is 252 Å². The minimum atomic E-state index is -1.22. The molecule has 3 heterocycles. The fraction of sp³-hybridized carbons (Fsp3) is 0.560. The molecular formula is C25H43MnN6NaO3. The van der Waals surface area contributed by atoms with Crippen molar-refractivity contribution < 1.29 is 65.5 Å². The van der Waals surface area contributed by atoms with Crippen molar-refractivity contribution in [1.29, 1.82) is 0 Å². The van der Waals surface area contributed by atoms with Crippen LogP contribution < -0.4 is 29.6 Å². The van der Waals surface area contributed by atoms with E-state index in [-0.39, 0.29) is 71.7 Å². The molecule has 0 spiro atoms. The first-order chi connectivity index (χ1) is 15.9. The number of carbonyl (C=O) groups excluding carboxylic acids is 2. The van der Waals surface area contributed by atoms with Crippen molar-refractivity contribution in [3.8, 4) is 0 Å². The number of nitrogens with zero attached hydrogens (tertiary/aromatic N) is 3. The van der Waals surface area contributed by atoms with E-state index >= 15 is 0 Å². The Hall–Kier alpha value is -1.55. The number of rotatable bonds is 3. The molecule has 0 aromatic carbocycles. The Morgan fingerprint density at radius 1 is 0.889 bits per heavy atom. The molecule has 0 saturated heterocycles. The second-order valence-corrected chi connectivity index (χ2v) is 10.6. The molecule has 3 rings (SSSR count). The molecule has 0 saturated carbocycles. The summed E-state index contributed by atoms with van der Waals surface area (Å²) in [6.45, 7) is 16.7. The normalized spacial score (nSPS) is 12.4. The molecule has 1 unspecified atom stereocenters. The molecule has 9 nitrogen and oxygen atoms in total. The van der Waals surface area contributed by atoms with Gasteiger partial charge in [-0.05, 0) is 0 Å². The third kappa shape index (κ3) is 11.7. The number of aliphatic hydroxyl groups excluding tert-OH is 1. The van der Waals surface area contributed by atoms with Crippen LogP contribution in [0.4, 0.5) is 0 Å². The van der Waals surface area contributed by atoms with Gasteiger partial charge in [0.15, 0.2) is 12.5 Å². The van der Waals surface area contributed by atoms with Gasteiger partial charge >= 0.3 is 29.6 Å². The summed E-state index contributed by atoms with van der Waals surface area (Å²) in [7, 11) is 0. The Bertz CT molecular complexity index is 1110. The van der Waals surface area contributed by atoms with Crippen LogP contribution in [-0.2, 0) is 39.9 Å². The molecule has 199 valence electrons. The summed E-state index contributed by atoms with van der Waals surface area (Å²) in [4.78, 5) is 41.6. The Morgan fingerprint density at radius 3 is 1.69 bits per heavy atom. The maximum Gasteiger partial charge on any atom is 1.00 e. The monoisotopic (exact) mass is 555 g/mol. The van der Waals surface area contributed by atoms with E-state index in [1.165, 1.54) is 12.7 Å². The molecule has 1 radical (unpaired) electrons. The largest absolute Gasteiger partial charge is 1.00 e. The smallest absolute Gasteiger partial charge is 1.00 e. The molecule has 3 aromatic heterocycles. The van der Waals surface area contributed by atoms with Gasteiger partial charge in [-0.2, -0.15) is 0 Å². The Morgan fingerprint density at radius 2 is 1.36 bits per heavy atom. The van der Waals surface area contributed by atoms with Crippen molar-refractivity contribution in [2.45, 2.75) is 92.6 Å². The van der Waals surface area contributed by atoms with Crippen LogP contribution in [0, 0.1) is 0 Å². The van der Waals surface area contributed by atoms with Crippen molar-refractivity contribution >= 4 is 12.5 Å².